The fraction of sp³-hybridized carbons (Fsp3) is 0.533. The third-order valence-corrected chi connectivity index (χ3v) is 3.90. The summed E-state index contributed by atoms with van der Waals surface area (Å²) < 4.78 is 10.7. The molecule has 0 spiro atoms. The van der Waals surface area contributed by atoms with Crippen LogP contribution in [0, 0.1) is 0 Å². The van der Waals surface area contributed by atoms with E-state index in [1.807, 2.05) is 18.2 Å². The lowest BCUT2D eigenvalue weighted by atomic mass is 9.95. The zero-order chi connectivity index (χ0) is 14.7. The number of amides is 1. The third-order valence-electron chi connectivity index (χ3n) is 3.90. The van der Waals surface area contributed by atoms with Crippen LogP contribution in [-0.2, 0) is 4.79 Å². The summed E-state index contributed by atoms with van der Waals surface area (Å²) in [7, 11) is 5.04. The average Bonchev–Trinajstić information content (AvgIpc) is 2.58. The number of hydrogen-bond donors (Lipinski definition) is 1. The number of methoxy groups -OCH3 is 2. The Kier molecular flexibility index (Phi) is 4.49. The van der Waals surface area contributed by atoms with E-state index in [1.165, 1.54) is 0 Å². The van der Waals surface area contributed by atoms with E-state index in [2.05, 4.69) is 0 Å². The molecule has 1 aromatic rings. The molecule has 1 amide bonds. The molecule has 2 unspecified atom stereocenters. The predicted molar refractivity (Wildman–Crippen MR) is 76.9 cm³/mol. The van der Waals surface area contributed by atoms with Gasteiger partial charge in [-0.3, -0.25) is 4.79 Å². The van der Waals surface area contributed by atoms with E-state index in [1.54, 1.807) is 26.2 Å². The van der Waals surface area contributed by atoms with Crippen molar-refractivity contribution in [3.63, 3.8) is 0 Å². The van der Waals surface area contributed by atoms with Gasteiger partial charge in [0.15, 0.2) is 0 Å². The number of carbonyl (C=O) groups is 1. The number of carbonyl (C=O) groups excluding carboxylic acids is 1. The molecule has 0 bridgehead atoms. The predicted octanol–water partition coefficient (Wildman–Crippen LogP) is 1.71. The van der Waals surface area contributed by atoms with Gasteiger partial charge in [0.25, 0.3) is 0 Å². The number of hydrogen-bond acceptors (Lipinski definition) is 4. The molecule has 0 saturated carbocycles. The number of ether oxygens (including phenoxy) is 2. The molecule has 5 nitrogen and oxygen atoms in total. The number of benzene rings is 1. The molecule has 2 N–H and O–H groups in total. The molecule has 5 heteroatoms. The number of rotatable bonds is 3. The topological polar surface area (TPSA) is 64.8 Å². The second kappa shape index (κ2) is 6.13. The minimum atomic E-state index is -0.185. The van der Waals surface area contributed by atoms with E-state index in [4.69, 9.17) is 15.2 Å². The molecule has 1 saturated heterocycles. The Labute approximate surface area is 119 Å². The van der Waals surface area contributed by atoms with Gasteiger partial charge in [0.05, 0.1) is 20.3 Å². The molecule has 0 aliphatic carbocycles. The first kappa shape index (κ1) is 14.7. The Morgan fingerprint density at radius 1 is 1.30 bits per heavy atom. The lowest BCUT2D eigenvalue weighted by molar-refractivity contribution is -0.131. The first-order valence-corrected chi connectivity index (χ1v) is 6.81. The van der Waals surface area contributed by atoms with E-state index < -0.39 is 0 Å². The standard InChI is InChI=1S/C15H22N2O3/c1-17-14(18)6-4-5-12(16)15(17)11-9-10(19-2)7-8-13(11)20-3/h7-9,12,15H,4-6,16H2,1-3H3. The van der Waals surface area contributed by atoms with Crippen molar-refractivity contribution >= 4 is 5.91 Å². The summed E-state index contributed by atoms with van der Waals surface area (Å²) in [6, 6.07) is 5.30. The van der Waals surface area contributed by atoms with Gasteiger partial charge in [-0.05, 0) is 31.0 Å². The van der Waals surface area contributed by atoms with E-state index in [0.717, 1.165) is 29.9 Å². The van der Waals surface area contributed by atoms with Gasteiger partial charge in [-0.25, -0.2) is 0 Å². The maximum absolute atomic E-state index is 12.1. The Balaban J connectivity index is 2.47. The lowest BCUT2D eigenvalue weighted by Crippen LogP contribution is -2.40. The fourth-order valence-electron chi connectivity index (χ4n) is 2.78. The third kappa shape index (κ3) is 2.72. The van der Waals surface area contributed by atoms with Gasteiger partial charge in [-0.15, -0.1) is 0 Å². The largest absolute Gasteiger partial charge is 0.497 e. The van der Waals surface area contributed by atoms with Crippen molar-refractivity contribution in [3.8, 4) is 11.5 Å². The SMILES string of the molecule is COc1ccc(OC)c(C2C(N)CCCC(=O)N2C)c1. The Bertz CT molecular complexity index is 490. The highest BCUT2D eigenvalue weighted by atomic mass is 16.5. The Morgan fingerprint density at radius 2 is 2.05 bits per heavy atom. The van der Waals surface area contributed by atoms with Crippen molar-refractivity contribution in [3.05, 3.63) is 23.8 Å². The van der Waals surface area contributed by atoms with Crippen molar-refractivity contribution in [2.45, 2.75) is 31.3 Å². The van der Waals surface area contributed by atoms with Gasteiger partial charge in [0, 0.05) is 25.1 Å². The second-order valence-corrected chi connectivity index (χ2v) is 5.11. The van der Waals surface area contributed by atoms with Crippen LogP contribution in [0.3, 0.4) is 0 Å². The van der Waals surface area contributed by atoms with Crippen LogP contribution in [0.2, 0.25) is 0 Å². The van der Waals surface area contributed by atoms with Gasteiger partial charge in [0.2, 0.25) is 5.91 Å². The molecule has 1 aliphatic heterocycles. The maximum atomic E-state index is 12.1. The average molecular weight is 278 g/mol. The second-order valence-electron chi connectivity index (χ2n) is 5.11. The minimum absolute atomic E-state index is 0.104. The van der Waals surface area contributed by atoms with Crippen molar-refractivity contribution in [2.75, 3.05) is 21.3 Å². The van der Waals surface area contributed by atoms with E-state index in [-0.39, 0.29) is 18.0 Å². The van der Waals surface area contributed by atoms with E-state index >= 15 is 0 Å². The summed E-state index contributed by atoms with van der Waals surface area (Å²) in [4.78, 5) is 13.8. The molecule has 0 radical (unpaired) electrons. The normalized spacial score (nSPS) is 23.4. The highest BCUT2D eigenvalue weighted by molar-refractivity contribution is 5.77. The molecule has 110 valence electrons. The molecule has 1 aliphatic rings. The molecule has 20 heavy (non-hydrogen) atoms. The summed E-state index contributed by atoms with van der Waals surface area (Å²) in [5, 5.41) is 0. The number of likely N-dealkylation sites (N-methyl/N-ethyl adjacent to an activating group) is 1. The highest BCUT2D eigenvalue weighted by Crippen LogP contribution is 2.36. The van der Waals surface area contributed by atoms with Crippen LogP contribution in [0.5, 0.6) is 11.5 Å². The first-order chi connectivity index (χ1) is 9.58. The van der Waals surface area contributed by atoms with Crippen LogP contribution in [-0.4, -0.2) is 38.1 Å². The zero-order valence-electron chi connectivity index (χ0n) is 12.3. The van der Waals surface area contributed by atoms with Crippen molar-refractivity contribution in [1.29, 1.82) is 0 Å². The summed E-state index contributed by atoms with van der Waals surface area (Å²) in [6.45, 7) is 0. The van der Waals surface area contributed by atoms with Crippen LogP contribution >= 0.6 is 0 Å². The monoisotopic (exact) mass is 278 g/mol. The first-order valence-electron chi connectivity index (χ1n) is 6.81. The van der Waals surface area contributed by atoms with E-state index in [0.29, 0.717) is 6.42 Å². The molecule has 0 aromatic heterocycles. The van der Waals surface area contributed by atoms with Gasteiger partial charge < -0.3 is 20.1 Å². The van der Waals surface area contributed by atoms with Crippen LogP contribution in [0.4, 0.5) is 0 Å². The molecule has 1 aromatic carbocycles. The number of likely N-dealkylation sites (tertiary alicyclic amines) is 1. The molecule has 1 heterocycles. The summed E-state index contributed by atoms with van der Waals surface area (Å²) in [6.07, 6.45) is 2.20. The molecular weight excluding hydrogens is 256 g/mol. The summed E-state index contributed by atoms with van der Waals surface area (Å²) >= 11 is 0. The van der Waals surface area contributed by atoms with Crippen LogP contribution in [0.1, 0.15) is 30.9 Å². The van der Waals surface area contributed by atoms with Crippen molar-refractivity contribution in [2.24, 2.45) is 5.73 Å². The summed E-state index contributed by atoms with van der Waals surface area (Å²) in [5.74, 6) is 1.58. The Morgan fingerprint density at radius 3 is 2.70 bits per heavy atom. The smallest absolute Gasteiger partial charge is 0.222 e. The Hall–Kier alpha value is -1.75. The molecular formula is C15H22N2O3. The fourth-order valence-corrected chi connectivity index (χ4v) is 2.78. The minimum Gasteiger partial charge on any atom is -0.497 e. The molecule has 1 fully saturated rings. The van der Waals surface area contributed by atoms with Crippen molar-refractivity contribution in [1.82, 2.24) is 4.90 Å². The maximum Gasteiger partial charge on any atom is 0.222 e. The van der Waals surface area contributed by atoms with Gasteiger partial charge in [0.1, 0.15) is 11.5 Å². The number of nitrogens with zero attached hydrogens (tertiary/aromatic N) is 1. The van der Waals surface area contributed by atoms with Crippen LogP contribution < -0.4 is 15.2 Å². The molecule has 2 rings (SSSR count). The van der Waals surface area contributed by atoms with E-state index in [9.17, 15) is 4.79 Å². The quantitative estimate of drug-likeness (QED) is 0.914. The lowest BCUT2D eigenvalue weighted by Gasteiger charge is -2.32. The van der Waals surface area contributed by atoms with Crippen molar-refractivity contribution < 1.29 is 14.3 Å². The van der Waals surface area contributed by atoms with Gasteiger partial charge in [-0.2, -0.15) is 0 Å². The summed E-state index contributed by atoms with van der Waals surface area (Å²) in [5.41, 5.74) is 7.19. The molecule has 2 atom stereocenters. The highest BCUT2D eigenvalue weighted by Gasteiger charge is 2.32. The van der Waals surface area contributed by atoms with Crippen LogP contribution in [0.25, 0.3) is 0 Å². The van der Waals surface area contributed by atoms with Gasteiger partial charge in [-0.1, -0.05) is 0 Å². The zero-order valence-corrected chi connectivity index (χ0v) is 12.3. The van der Waals surface area contributed by atoms with Crippen LogP contribution in [0.15, 0.2) is 18.2 Å². The number of nitrogens with two attached hydrogens (primary N) is 1. The van der Waals surface area contributed by atoms with Gasteiger partial charge >= 0.3 is 0 Å².